The largest absolute Gasteiger partial charge is 0.467 e. The van der Waals surface area contributed by atoms with Gasteiger partial charge in [-0.05, 0) is 18.2 Å². The molecule has 7 heteroatoms. The van der Waals surface area contributed by atoms with E-state index >= 15 is 0 Å². The van der Waals surface area contributed by atoms with E-state index in [2.05, 4.69) is 4.74 Å². The molecule has 0 radical (unpaired) electrons. The number of β-amino-alcohol motifs (C(OH)–C–C–N with tert-alkyl or cyclic N) is 1. The highest BCUT2D eigenvalue weighted by Crippen LogP contribution is 2.23. The number of amides is 1. The Hall–Kier alpha value is -1.66. The van der Waals surface area contributed by atoms with Gasteiger partial charge in [-0.25, -0.2) is 9.18 Å². The number of methoxy groups -OCH3 is 1. The maximum absolute atomic E-state index is 13.1. The summed E-state index contributed by atoms with van der Waals surface area (Å²) in [7, 11) is 1.21. The Morgan fingerprint density at radius 3 is 2.80 bits per heavy atom. The molecule has 20 heavy (non-hydrogen) atoms. The number of hydrogen-bond acceptors (Lipinski definition) is 4. The quantitative estimate of drug-likeness (QED) is 0.834. The predicted octanol–water partition coefficient (Wildman–Crippen LogP) is 1.23. The van der Waals surface area contributed by atoms with E-state index in [0.29, 0.717) is 0 Å². The number of likely N-dealkylation sites (tertiary alicyclic amines) is 1. The van der Waals surface area contributed by atoms with Crippen LogP contribution in [0.1, 0.15) is 16.8 Å². The molecular weight excluding hydrogens is 289 g/mol. The van der Waals surface area contributed by atoms with Crippen LogP contribution in [-0.2, 0) is 9.53 Å². The Morgan fingerprint density at radius 1 is 1.50 bits per heavy atom. The number of aliphatic hydroxyl groups excluding tert-OH is 1. The second kappa shape index (κ2) is 5.76. The maximum atomic E-state index is 13.1. The van der Waals surface area contributed by atoms with Crippen molar-refractivity contribution in [3.63, 3.8) is 0 Å². The number of aliphatic hydroxyl groups is 1. The van der Waals surface area contributed by atoms with Crippen molar-refractivity contribution >= 4 is 23.5 Å². The van der Waals surface area contributed by atoms with Gasteiger partial charge in [-0.1, -0.05) is 11.6 Å². The second-order valence-electron chi connectivity index (χ2n) is 4.51. The smallest absolute Gasteiger partial charge is 0.328 e. The highest BCUT2D eigenvalue weighted by molar-refractivity contribution is 6.31. The van der Waals surface area contributed by atoms with E-state index in [9.17, 15) is 19.1 Å². The van der Waals surface area contributed by atoms with E-state index in [1.54, 1.807) is 0 Å². The molecule has 2 atom stereocenters. The van der Waals surface area contributed by atoms with Crippen molar-refractivity contribution < 1.29 is 23.8 Å². The lowest BCUT2D eigenvalue weighted by Crippen LogP contribution is -2.41. The van der Waals surface area contributed by atoms with Crippen molar-refractivity contribution in [1.82, 2.24) is 4.90 Å². The molecule has 0 saturated carbocycles. The third kappa shape index (κ3) is 2.76. The van der Waals surface area contributed by atoms with E-state index in [1.165, 1.54) is 24.1 Å². The summed E-state index contributed by atoms with van der Waals surface area (Å²) in [5.74, 6) is -1.73. The van der Waals surface area contributed by atoms with Crippen LogP contribution in [0.15, 0.2) is 18.2 Å². The van der Waals surface area contributed by atoms with Crippen molar-refractivity contribution in [2.24, 2.45) is 0 Å². The predicted molar refractivity (Wildman–Crippen MR) is 68.9 cm³/mol. The van der Waals surface area contributed by atoms with Crippen LogP contribution < -0.4 is 0 Å². The van der Waals surface area contributed by atoms with Gasteiger partial charge >= 0.3 is 5.97 Å². The highest BCUT2D eigenvalue weighted by atomic mass is 35.5. The van der Waals surface area contributed by atoms with Gasteiger partial charge in [-0.2, -0.15) is 0 Å². The summed E-state index contributed by atoms with van der Waals surface area (Å²) < 4.78 is 17.7. The molecule has 2 unspecified atom stereocenters. The summed E-state index contributed by atoms with van der Waals surface area (Å²) in [6, 6.07) is 2.71. The fourth-order valence-electron chi connectivity index (χ4n) is 2.19. The number of nitrogens with zero attached hydrogens (tertiary/aromatic N) is 1. The summed E-state index contributed by atoms with van der Waals surface area (Å²) in [6.07, 6.45) is -0.674. The Morgan fingerprint density at radius 2 is 2.20 bits per heavy atom. The van der Waals surface area contributed by atoms with Gasteiger partial charge in [-0.3, -0.25) is 4.79 Å². The van der Waals surface area contributed by atoms with Crippen LogP contribution in [0.5, 0.6) is 0 Å². The zero-order valence-electron chi connectivity index (χ0n) is 10.7. The maximum Gasteiger partial charge on any atom is 0.328 e. The van der Waals surface area contributed by atoms with E-state index in [-0.39, 0.29) is 23.6 Å². The molecule has 1 aliphatic rings. The number of ether oxygens (including phenoxy) is 1. The minimum atomic E-state index is -0.841. The third-order valence-electron chi connectivity index (χ3n) is 3.18. The van der Waals surface area contributed by atoms with Gasteiger partial charge in [0.1, 0.15) is 11.9 Å². The molecule has 1 aromatic carbocycles. The molecule has 2 rings (SSSR count). The monoisotopic (exact) mass is 301 g/mol. The fraction of sp³-hybridized carbons (Fsp3) is 0.385. The molecule has 1 aromatic rings. The van der Waals surface area contributed by atoms with Crippen molar-refractivity contribution in [1.29, 1.82) is 0 Å². The topological polar surface area (TPSA) is 66.8 Å². The number of rotatable bonds is 2. The minimum Gasteiger partial charge on any atom is -0.467 e. The van der Waals surface area contributed by atoms with E-state index in [4.69, 9.17) is 11.6 Å². The van der Waals surface area contributed by atoms with E-state index in [0.717, 1.165) is 6.07 Å². The summed E-state index contributed by atoms with van der Waals surface area (Å²) >= 11 is 5.63. The van der Waals surface area contributed by atoms with Gasteiger partial charge in [0.2, 0.25) is 0 Å². The standard InChI is InChI=1S/C13H13ClFNO4/c1-20-13(19)11-5-8(17)6-16(11)12(18)7-2-3-10(15)9(14)4-7/h2-4,8,11,17H,5-6H2,1H3. The third-order valence-corrected chi connectivity index (χ3v) is 3.47. The number of carbonyl (C=O) groups excluding carboxylic acids is 2. The Labute approximate surface area is 119 Å². The SMILES string of the molecule is COC(=O)C1CC(O)CN1C(=O)c1ccc(F)c(Cl)c1. The molecule has 1 saturated heterocycles. The first kappa shape index (κ1) is 14.7. The first-order valence-corrected chi connectivity index (χ1v) is 6.33. The van der Waals surface area contributed by atoms with Crippen LogP contribution in [0.4, 0.5) is 4.39 Å². The minimum absolute atomic E-state index is 0.0214. The van der Waals surface area contributed by atoms with E-state index in [1.807, 2.05) is 0 Å². The van der Waals surface area contributed by atoms with E-state index < -0.39 is 29.8 Å². The normalized spacial score (nSPS) is 21.9. The van der Waals surface area contributed by atoms with Crippen LogP contribution in [0.3, 0.4) is 0 Å². The lowest BCUT2D eigenvalue weighted by atomic mass is 10.1. The average Bonchev–Trinajstić information content (AvgIpc) is 2.82. The van der Waals surface area contributed by atoms with Crippen LogP contribution in [-0.4, -0.2) is 47.7 Å². The first-order valence-electron chi connectivity index (χ1n) is 5.96. The summed E-state index contributed by atoms with van der Waals surface area (Å²) in [5, 5.41) is 9.45. The molecule has 1 amide bonds. The lowest BCUT2D eigenvalue weighted by molar-refractivity contribution is -0.145. The number of benzene rings is 1. The number of hydrogen-bond donors (Lipinski definition) is 1. The fourth-order valence-corrected chi connectivity index (χ4v) is 2.37. The Bertz CT molecular complexity index is 551. The average molecular weight is 302 g/mol. The first-order chi connectivity index (χ1) is 9.43. The van der Waals surface area contributed by atoms with Gasteiger partial charge in [0, 0.05) is 18.5 Å². The summed E-state index contributed by atoms with van der Waals surface area (Å²) in [4.78, 5) is 25.1. The number of carbonyl (C=O) groups is 2. The molecule has 1 heterocycles. The zero-order chi connectivity index (χ0) is 14.9. The summed E-state index contributed by atoms with van der Waals surface area (Å²) in [6.45, 7) is 0.0214. The van der Waals surface area contributed by atoms with Crippen molar-refractivity contribution in [3.05, 3.63) is 34.6 Å². The molecule has 0 aromatic heterocycles. The number of halogens is 2. The lowest BCUT2D eigenvalue weighted by Gasteiger charge is -2.22. The molecule has 1 aliphatic heterocycles. The van der Waals surface area contributed by atoms with Crippen molar-refractivity contribution in [3.8, 4) is 0 Å². The van der Waals surface area contributed by atoms with Gasteiger partial charge < -0.3 is 14.7 Å². The summed E-state index contributed by atoms with van der Waals surface area (Å²) in [5.41, 5.74) is 0.152. The highest BCUT2D eigenvalue weighted by Gasteiger charge is 2.39. The molecule has 0 spiro atoms. The number of esters is 1. The van der Waals surface area contributed by atoms with Crippen molar-refractivity contribution in [2.45, 2.75) is 18.6 Å². The van der Waals surface area contributed by atoms with Crippen LogP contribution in [0, 0.1) is 5.82 Å². The molecule has 5 nitrogen and oxygen atoms in total. The Kier molecular flexibility index (Phi) is 4.25. The molecule has 1 fully saturated rings. The van der Waals surface area contributed by atoms with Crippen LogP contribution in [0.25, 0.3) is 0 Å². The molecule has 0 bridgehead atoms. The van der Waals surface area contributed by atoms with Gasteiger partial charge in [0.15, 0.2) is 0 Å². The van der Waals surface area contributed by atoms with Crippen LogP contribution in [0.2, 0.25) is 5.02 Å². The van der Waals surface area contributed by atoms with Gasteiger partial charge in [0.05, 0.1) is 18.2 Å². The molecule has 0 aliphatic carbocycles. The molecule has 108 valence electrons. The van der Waals surface area contributed by atoms with Crippen molar-refractivity contribution in [2.75, 3.05) is 13.7 Å². The van der Waals surface area contributed by atoms with Crippen LogP contribution >= 0.6 is 11.6 Å². The second-order valence-corrected chi connectivity index (χ2v) is 4.92. The zero-order valence-corrected chi connectivity index (χ0v) is 11.4. The Balaban J connectivity index is 2.26. The van der Waals surface area contributed by atoms with Gasteiger partial charge in [-0.15, -0.1) is 0 Å². The molecular formula is C13H13ClFNO4. The molecule has 1 N–H and O–H groups in total. The van der Waals surface area contributed by atoms with Gasteiger partial charge in [0.25, 0.3) is 5.91 Å².